The molecule has 1 heterocycles. The molecule has 1 aliphatic heterocycles. The van der Waals surface area contributed by atoms with Gasteiger partial charge in [0.2, 0.25) is 0 Å². The fourth-order valence-corrected chi connectivity index (χ4v) is 1.52. The molecule has 1 fully saturated rings. The highest BCUT2D eigenvalue weighted by molar-refractivity contribution is 5.95. The van der Waals surface area contributed by atoms with Crippen molar-refractivity contribution in [2.75, 3.05) is 0 Å². The summed E-state index contributed by atoms with van der Waals surface area (Å²) in [7, 11) is 0. The third-order valence-electron chi connectivity index (χ3n) is 2.36. The Bertz CT molecular complexity index is 482. The summed E-state index contributed by atoms with van der Waals surface area (Å²) in [4.78, 5) is 31.8. The van der Waals surface area contributed by atoms with Crippen LogP contribution in [-0.2, 0) is 16.0 Å². The van der Waals surface area contributed by atoms with Gasteiger partial charge in [0.25, 0.3) is 5.69 Å². The van der Waals surface area contributed by atoms with Crippen LogP contribution < -0.4 is 5.32 Å². The second kappa shape index (κ2) is 4.20. The zero-order chi connectivity index (χ0) is 12.4. The highest BCUT2D eigenvalue weighted by Crippen LogP contribution is 2.14. The van der Waals surface area contributed by atoms with Gasteiger partial charge in [0.1, 0.15) is 6.04 Å². The number of nitro groups is 1. The predicted molar refractivity (Wildman–Crippen MR) is 55.2 cm³/mol. The van der Waals surface area contributed by atoms with Crippen LogP contribution >= 0.6 is 0 Å². The van der Waals surface area contributed by atoms with Gasteiger partial charge in [-0.05, 0) is 5.56 Å². The summed E-state index contributed by atoms with van der Waals surface area (Å²) in [5.74, 6) is -0.631. The number of non-ortho nitro benzene ring substituents is 1. The van der Waals surface area contributed by atoms with Crippen molar-refractivity contribution in [2.24, 2.45) is 0 Å². The Morgan fingerprint density at radius 1 is 1.29 bits per heavy atom. The molecule has 0 unspecified atom stereocenters. The molecule has 17 heavy (non-hydrogen) atoms. The summed E-state index contributed by atoms with van der Waals surface area (Å²) in [6.07, 6.45) is -0.510. The van der Waals surface area contributed by atoms with Crippen LogP contribution in [-0.4, -0.2) is 23.0 Å². The lowest BCUT2D eigenvalue weighted by Gasteiger charge is -2.04. The average Bonchev–Trinajstić information content (AvgIpc) is 2.58. The molecule has 1 aromatic carbocycles. The Morgan fingerprint density at radius 3 is 2.41 bits per heavy atom. The first-order valence-electron chi connectivity index (χ1n) is 4.82. The van der Waals surface area contributed by atoms with Gasteiger partial charge in [-0.25, -0.2) is 9.59 Å². The van der Waals surface area contributed by atoms with E-state index in [1.54, 1.807) is 0 Å². The molecule has 0 aromatic heterocycles. The van der Waals surface area contributed by atoms with Crippen LogP contribution in [0.3, 0.4) is 0 Å². The number of esters is 1. The zero-order valence-electron chi connectivity index (χ0n) is 8.58. The summed E-state index contributed by atoms with van der Waals surface area (Å²) < 4.78 is 4.31. The third-order valence-corrected chi connectivity index (χ3v) is 2.36. The molecular formula is C10H8N2O5. The molecule has 0 saturated carbocycles. The standard InChI is InChI=1S/C10H8N2O5/c13-9-8(11-10(14)17-9)5-6-1-3-7(4-2-6)12(15)16/h1-4,8H,5H2,(H,11,14)/t8-/m1/s1. The number of cyclic esters (lactones) is 2. The number of rotatable bonds is 3. The number of nitrogens with zero attached hydrogens (tertiary/aromatic N) is 1. The van der Waals surface area contributed by atoms with Gasteiger partial charge >= 0.3 is 12.1 Å². The minimum atomic E-state index is -0.762. The Kier molecular flexibility index (Phi) is 2.73. The summed E-state index contributed by atoms with van der Waals surface area (Å²) in [6, 6.07) is 5.05. The molecule has 0 aliphatic carbocycles. The number of hydrogen-bond donors (Lipinski definition) is 1. The summed E-state index contributed by atoms with van der Waals surface area (Å²) in [5, 5.41) is 12.8. The lowest BCUT2D eigenvalue weighted by molar-refractivity contribution is -0.384. The monoisotopic (exact) mass is 236 g/mol. The number of carbonyl (C=O) groups excluding carboxylic acids is 2. The number of carbonyl (C=O) groups is 2. The van der Waals surface area contributed by atoms with Crippen LogP contribution in [0.5, 0.6) is 0 Å². The van der Waals surface area contributed by atoms with Crippen LogP contribution in [0.4, 0.5) is 10.5 Å². The Hall–Kier alpha value is -2.44. The molecule has 1 saturated heterocycles. The highest BCUT2D eigenvalue weighted by atomic mass is 16.6. The number of benzene rings is 1. The summed E-state index contributed by atoms with van der Waals surface area (Å²) in [5.41, 5.74) is 0.687. The van der Waals surface area contributed by atoms with E-state index >= 15 is 0 Å². The van der Waals surface area contributed by atoms with Crippen LogP contribution in [0.2, 0.25) is 0 Å². The van der Waals surface area contributed by atoms with E-state index in [2.05, 4.69) is 10.1 Å². The van der Waals surface area contributed by atoms with E-state index in [1.807, 2.05) is 0 Å². The molecule has 0 radical (unpaired) electrons. The molecule has 1 amide bonds. The molecule has 88 valence electrons. The van der Waals surface area contributed by atoms with Crippen LogP contribution in [0.15, 0.2) is 24.3 Å². The van der Waals surface area contributed by atoms with E-state index in [9.17, 15) is 19.7 Å². The van der Waals surface area contributed by atoms with Crippen molar-refractivity contribution in [1.29, 1.82) is 0 Å². The van der Waals surface area contributed by atoms with Gasteiger partial charge in [0.05, 0.1) is 4.92 Å². The Morgan fingerprint density at radius 2 is 1.94 bits per heavy atom. The van der Waals surface area contributed by atoms with Crippen molar-refractivity contribution < 1.29 is 19.2 Å². The van der Waals surface area contributed by atoms with Gasteiger partial charge in [-0.3, -0.25) is 10.1 Å². The molecule has 7 nitrogen and oxygen atoms in total. The highest BCUT2D eigenvalue weighted by Gasteiger charge is 2.32. The topological polar surface area (TPSA) is 98.5 Å². The molecule has 0 bridgehead atoms. The largest absolute Gasteiger partial charge is 0.415 e. The maximum absolute atomic E-state index is 11.2. The molecule has 1 N–H and O–H groups in total. The number of nitrogens with one attached hydrogen (secondary N) is 1. The molecule has 1 atom stereocenters. The van der Waals surface area contributed by atoms with Crippen molar-refractivity contribution in [1.82, 2.24) is 5.32 Å². The van der Waals surface area contributed by atoms with Crippen LogP contribution in [0, 0.1) is 10.1 Å². The van der Waals surface area contributed by atoms with Gasteiger partial charge in [0.15, 0.2) is 0 Å². The lowest BCUT2D eigenvalue weighted by atomic mass is 10.1. The van der Waals surface area contributed by atoms with Gasteiger partial charge in [0, 0.05) is 18.6 Å². The number of ether oxygens (including phenoxy) is 1. The quantitative estimate of drug-likeness (QED) is 0.361. The fraction of sp³-hybridized carbons (Fsp3) is 0.200. The maximum Gasteiger partial charge on any atom is 0.415 e. The molecule has 1 aliphatic rings. The minimum absolute atomic E-state index is 0.0215. The molecule has 1 aromatic rings. The van der Waals surface area contributed by atoms with Gasteiger partial charge in [-0.15, -0.1) is 0 Å². The zero-order valence-corrected chi connectivity index (χ0v) is 8.58. The molecule has 2 rings (SSSR count). The van der Waals surface area contributed by atoms with Gasteiger partial charge < -0.3 is 10.1 Å². The van der Waals surface area contributed by atoms with Crippen molar-refractivity contribution in [3.8, 4) is 0 Å². The normalized spacial score (nSPS) is 18.7. The summed E-state index contributed by atoms with van der Waals surface area (Å²) >= 11 is 0. The second-order valence-corrected chi connectivity index (χ2v) is 3.53. The van der Waals surface area contributed by atoms with Gasteiger partial charge in [-0.2, -0.15) is 0 Å². The fourth-order valence-electron chi connectivity index (χ4n) is 1.52. The smallest absolute Gasteiger partial charge is 0.375 e. The number of hydrogen-bond acceptors (Lipinski definition) is 5. The van der Waals surface area contributed by atoms with Gasteiger partial charge in [-0.1, -0.05) is 12.1 Å². The lowest BCUT2D eigenvalue weighted by Crippen LogP contribution is -2.30. The number of alkyl carbamates (subject to hydrolysis) is 1. The van der Waals surface area contributed by atoms with E-state index in [0.29, 0.717) is 5.56 Å². The average molecular weight is 236 g/mol. The third kappa shape index (κ3) is 2.39. The number of nitro benzene ring substituents is 1. The van der Waals surface area contributed by atoms with E-state index in [-0.39, 0.29) is 12.1 Å². The van der Waals surface area contributed by atoms with Crippen molar-refractivity contribution in [3.63, 3.8) is 0 Å². The van der Waals surface area contributed by atoms with E-state index in [0.717, 1.165) is 0 Å². The van der Waals surface area contributed by atoms with E-state index in [1.165, 1.54) is 24.3 Å². The second-order valence-electron chi connectivity index (χ2n) is 3.53. The first kappa shape index (κ1) is 11.1. The SMILES string of the molecule is O=C1N[C@H](Cc2ccc([N+](=O)[O-])cc2)C(=O)O1. The predicted octanol–water partition coefficient (Wildman–Crippen LogP) is 0.772. The van der Waals surface area contributed by atoms with Crippen molar-refractivity contribution in [2.45, 2.75) is 12.5 Å². The Labute approximate surface area is 95.5 Å². The van der Waals surface area contributed by atoms with E-state index in [4.69, 9.17) is 0 Å². The van der Waals surface area contributed by atoms with Crippen molar-refractivity contribution >= 4 is 17.7 Å². The van der Waals surface area contributed by atoms with Crippen molar-refractivity contribution in [3.05, 3.63) is 39.9 Å². The minimum Gasteiger partial charge on any atom is -0.375 e. The van der Waals surface area contributed by atoms with Crippen LogP contribution in [0.25, 0.3) is 0 Å². The molecule has 0 spiro atoms. The first-order chi connectivity index (χ1) is 8.06. The molecular weight excluding hydrogens is 228 g/mol. The summed E-state index contributed by atoms with van der Waals surface area (Å²) in [6.45, 7) is 0. The van der Waals surface area contributed by atoms with E-state index < -0.39 is 23.0 Å². The van der Waals surface area contributed by atoms with Crippen LogP contribution in [0.1, 0.15) is 5.56 Å². The maximum atomic E-state index is 11.2. The Balaban J connectivity index is 2.07. The molecule has 7 heteroatoms. The first-order valence-corrected chi connectivity index (χ1v) is 4.82. The number of amides is 1.